The van der Waals surface area contributed by atoms with Gasteiger partial charge in [0.05, 0.1) is 32.5 Å². The Morgan fingerprint density at radius 2 is 1.84 bits per heavy atom. The molecule has 0 amide bonds. The normalized spacial score (nSPS) is 11.6. The van der Waals surface area contributed by atoms with Crippen LogP contribution in [-0.2, 0) is 23.1 Å². The van der Waals surface area contributed by atoms with Crippen LogP contribution >= 0.6 is 0 Å². The van der Waals surface area contributed by atoms with Crippen LogP contribution in [0.25, 0.3) is 5.52 Å². The number of nitrogens with zero attached hydrogens (tertiary/aromatic N) is 4. The second kappa shape index (κ2) is 8.52. The van der Waals surface area contributed by atoms with E-state index >= 15 is 0 Å². The number of aromatic nitrogens is 4. The van der Waals surface area contributed by atoms with Gasteiger partial charge < -0.3 is 19.6 Å². The number of sulfonamides is 1. The van der Waals surface area contributed by atoms with Crippen molar-refractivity contribution in [1.82, 2.24) is 19.2 Å². The van der Waals surface area contributed by atoms with Gasteiger partial charge in [-0.25, -0.2) is 13.4 Å². The molecule has 0 aliphatic heterocycles. The van der Waals surface area contributed by atoms with Gasteiger partial charge in [-0.15, -0.1) is 0 Å². The largest absolute Gasteiger partial charge is 0.495 e. The maximum absolute atomic E-state index is 13.2. The number of hydrogen-bond donors (Lipinski definition) is 2. The third kappa shape index (κ3) is 3.99. The molecule has 3 heterocycles. The summed E-state index contributed by atoms with van der Waals surface area (Å²) in [4.78, 5) is 4.21. The molecule has 0 unspecified atom stereocenters. The van der Waals surface area contributed by atoms with E-state index < -0.39 is 10.0 Å². The molecule has 4 rings (SSSR count). The first-order valence-corrected chi connectivity index (χ1v) is 11.3. The smallest absolute Gasteiger partial charge is 0.270 e. The van der Waals surface area contributed by atoms with E-state index in [1.54, 1.807) is 39.8 Å². The molecule has 0 spiro atoms. The van der Waals surface area contributed by atoms with E-state index in [9.17, 15) is 8.42 Å². The lowest BCUT2D eigenvalue weighted by Gasteiger charge is -2.14. The highest BCUT2D eigenvalue weighted by Crippen LogP contribution is 2.34. The Bertz CT molecular complexity index is 1350. The molecule has 11 heteroatoms. The van der Waals surface area contributed by atoms with Crippen LogP contribution in [0, 0.1) is 6.92 Å². The molecule has 0 bridgehead atoms. The number of nitrogens with one attached hydrogen (secondary N) is 1. The molecule has 3 aromatic heterocycles. The van der Waals surface area contributed by atoms with E-state index in [0.29, 0.717) is 18.6 Å². The van der Waals surface area contributed by atoms with Crippen LogP contribution in [0.5, 0.6) is 11.5 Å². The molecular formula is C21H24N6O4S. The van der Waals surface area contributed by atoms with Gasteiger partial charge in [-0.3, -0.25) is 9.40 Å². The van der Waals surface area contributed by atoms with Crippen LogP contribution in [0.2, 0.25) is 0 Å². The topological polar surface area (TPSA) is 126 Å². The van der Waals surface area contributed by atoms with Gasteiger partial charge in [0, 0.05) is 24.5 Å². The number of benzene rings is 1. The highest BCUT2D eigenvalue weighted by molar-refractivity contribution is 7.93. The molecule has 0 aliphatic rings. The van der Waals surface area contributed by atoms with Gasteiger partial charge in [0.15, 0.2) is 10.7 Å². The van der Waals surface area contributed by atoms with Gasteiger partial charge in [-0.2, -0.15) is 5.10 Å². The summed E-state index contributed by atoms with van der Waals surface area (Å²) < 4.78 is 43.1. The van der Waals surface area contributed by atoms with Crippen LogP contribution < -0.4 is 19.9 Å². The second-order valence-corrected chi connectivity index (χ2v) is 8.85. The summed E-state index contributed by atoms with van der Waals surface area (Å²) in [6, 6.07) is 6.75. The fraction of sp³-hybridized carbons (Fsp3) is 0.238. The predicted octanol–water partition coefficient (Wildman–Crippen LogP) is 2.16. The SMILES string of the molecule is COc1cccc(OC)c1S(=O)(=O)Nc1ncn2cc(Cn3cc(CN)cn3)cc(C)c12. The van der Waals surface area contributed by atoms with Crippen LogP contribution in [0.4, 0.5) is 5.82 Å². The number of ether oxygens (including phenoxy) is 2. The Morgan fingerprint density at radius 1 is 1.12 bits per heavy atom. The number of aryl methyl sites for hydroxylation is 1. The van der Waals surface area contributed by atoms with Gasteiger partial charge in [-0.1, -0.05) is 12.1 Å². The number of imidazole rings is 1. The molecule has 1 aromatic carbocycles. The number of pyridine rings is 1. The Balaban J connectivity index is 1.69. The standard InChI is InChI=1S/C21H24N6O4S/c1-14-7-15(11-27-12-16(8-22)9-24-27)10-26-13-23-21(19(14)26)25-32(28,29)20-17(30-2)5-4-6-18(20)31-3/h4-7,9-10,12-13,25H,8,11,22H2,1-3H3. The van der Waals surface area contributed by atoms with E-state index in [4.69, 9.17) is 15.2 Å². The lowest BCUT2D eigenvalue weighted by molar-refractivity contribution is 0.373. The third-order valence-corrected chi connectivity index (χ3v) is 6.43. The Labute approximate surface area is 185 Å². The first kappa shape index (κ1) is 21.7. The summed E-state index contributed by atoms with van der Waals surface area (Å²) in [5.41, 5.74) is 9.09. The maximum Gasteiger partial charge on any atom is 0.270 e. The third-order valence-electron chi connectivity index (χ3n) is 5.02. The van der Waals surface area contributed by atoms with E-state index in [2.05, 4.69) is 14.8 Å². The van der Waals surface area contributed by atoms with Gasteiger partial charge in [-0.05, 0) is 30.2 Å². The van der Waals surface area contributed by atoms with Crippen molar-refractivity contribution in [2.75, 3.05) is 18.9 Å². The van der Waals surface area contributed by atoms with Gasteiger partial charge in [0.1, 0.15) is 17.8 Å². The molecule has 0 aliphatic carbocycles. The minimum atomic E-state index is -4.04. The molecule has 0 atom stereocenters. The van der Waals surface area contributed by atoms with Crippen LogP contribution in [0.15, 0.2) is 54.1 Å². The van der Waals surface area contributed by atoms with E-state index in [0.717, 1.165) is 16.7 Å². The lowest BCUT2D eigenvalue weighted by Crippen LogP contribution is -2.16. The molecule has 168 valence electrons. The number of rotatable bonds is 8. The summed E-state index contributed by atoms with van der Waals surface area (Å²) in [7, 11) is -1.23. The summed E-state index contributed by atoms with van der Waals surface area (Å²) in [5.74, 6) is 0.567. The van der Waals surface area contributed by atoms with Crippen LogP contribution in [0.3, 0.4) is 0 Å². The van der Waals surface area contributed by atoms with Crippen LogP contribution in [0.1, 0.15) is 16.7 Å². The van der Waals surface area contributed by atoms with Crippen molar-refractivity contribution >= 4 is 21.4 Å². The average Bonchev–Trinajstić information content (AvgIpc) is 3.39. The molecule has 4 aromatic rings. The second-order valence-electron chi connectivity index (χ2n) is 7.23. The van der Waals surface area contributed by atoms with Crippen molar-refractivity contribution < 1.29 is 17.9 Å². The van der Waals surface area contributed by atoms with Gasteiger partial charge in [0.25, 0.3) is 10.0 Å². The number of hydrogen-bond acceptors (Lipinski definition) is 7. The maximum atomic E-state index is 13.2. The molecule has 3 N–H and O–H groups in total. The molecule has 10 nitrogen and oxygen atoms in total. The summed E-state index contributed by atoms with van der Waals surface area (Å²) in [6.45, 7) is 2.88. The van der Waals surface area contributed by atoms with Gasteiger partial charge >= 0.3 is 0 Å². The Morgan fingerprint density at radius 3 is 2.47 bits per heavy atom. The van der Waals surface area contributed by atoms with Gasteiger partial charge in [0.2, 0.25) is 0 Å². The summed E-state index contributed by atoms with van der Waals surface area (Å²) in [6.07, 6.45) is 7.09. The number of anilines is 1. The predicted molar refractivity (Wildman–Crippen MR) is 120 cm³/mol. The molecule has 0 radical (unpaired) electrons. The average molecular weight is 457 g/mol. The Hall–Kier alpha value is -3.57. The first-order valence-electron chi connectivity index (χ1n) is 9.77. The highest BCUT2D eigenvalue weighted by atomic mass is 32.2. The van der Waals surface area contributed by atoms with Crippen molar-refractivity contribution in [2.24, 2.45) is 5.73 Å². The van der Waals surface area contributed by atoms with Crippen molar-refractivity contribution in [1.29, 1.82) is 0 Å². The zero-order valence-corrected chi connectivity index (χ0v) is 18.8. The van der Waals surface area contributed by atoms with E-state index in [-0.39, 0.29) is 22.2 Å². The van der Waals surface area contributed by atoms with Crippen molar-refractivity contribution in [3.63, 3.8) is 0 Å². The van der Waals surface area contributed by atoms with Crippen molar-refractivity contribution in [3.8, 4) is 11.5 Å². The monoisotopic (exact) mass is 456 g/mol. The van der Waals surface area contributed by atoms with Crippen molar-refractivity contribution in [2.45, 2.75) is 24.9 Å². The number of nitrogens with two attached hydrogens (primary N) is 1. The van der Waals surface area contributed by atoms with E-state index in [1.807, 2.05) is 25.4 Å². The fourth-order valence-corrected chi connectivity index (χ4v) is 4.96. The van der Waals surface area contributed by atoms with Crippen molar-refractivity contribution in [3.05, 3.63) is 65.9 Å². The minimum Gasteiger partial charge on any atom is -0.495 e. The summed E-state index contributed by atoms with van der Waals surface area (Å²) in [5, 5.41) is 4.31. The fourth-order valence-electron chi connectivity index (χ4n) is 3.62. The number of methoxy groups -OCH3 is 2. The first-order chi connectivity index (χ1) is 15.4. The quantitative estimate of drug-likeness (QED) is 0.416. The minimum absolute atomic E-state index is 0.0881. The zero-order chi connectivity index (χ0) is 22.9. The highest BCUT2D eigenvalue weighted by Gasteiger charge is 2.26. The van der Waals surface area contributed by atoms with E-state index in [1.165, 1.54) is 14.2 Å². The molecule has 0 saturated heterocycles. The summed E-state index contributed by atoms with van der Waals surface area (Å²) >= 11 is 0. The Kier molecular flexibility index (Phi) is 5.76. The zero-order valence-electron chi connectivity index (χ0n) is 17.9. The molecule has 0 fully saturated rings. The number of fused-ring (bicyclic) bond motifs is 1. The molecule has 32 heavy (non-hydrogen) atoms. The van der Waals surface area contributed by atoms with Crippen LogP contribution in [-0.4, -0.2) is 41.8 Å². The molecule has 0 saturated carbocycles. The lowest BCUT2D eigenvalue weighted by atomic mass is 10.2. The molecular weight excluding hydrogens is 432 g/mol.